The van der Waals surface area contributed by atoms with E-state index in [1.165, 1.54) is 20.2 Å². The Morgan fingerprint density at radius 2 is 1.55 bits per heavy atom. The SMILES string of the molecule is Cc1cc(S(=O)(=O)N(C)C)cc(NC(=O)c2ccc(NC(=O)C(C)C)cc2)c1C. The summed E-state index contributed by atoms with van der Waals surface area (Å²) in [5.41, 5.74) is 2.98. The number of benzene rings is 2. The van der Waals surface area contributed by atoms with E-state index in [-0.39, 0.29) is 22.6 Å². The van der Waals surface area contributed by atoms with Crippen molar-refractivity contribution in [3.05, 3.63) is 53.1 Å². The molecule has 0 fully saturated rings. The van der Waals surface area contributed by atoms with Crippen LogP contribution in [-0.2, 0) is 14.8 Å². The first kappa shape index (κ1) is 22.6. The van der Waals surface area contributed by atoms with Crippen molar-refractivity contribution >= 4 is 33.2 Å². The first-order valence-electron chi connectivity index (χ1n) is 9.19. The molecule has 0 spiro atoms. The van der Waals surface area contributed by atoms with Crippen molar-refractivity contribution in [1.29, 1.82) is 0 Å². The number of nitrogens with one attached hydrogen (secondary N) is 2. The van der Waals surface area contributed by atoms with Crippen molar-refractivity contribution in [2.24, 2.45) is 5.92 Å². The van der Waals surface area contributed by atoms with E-state index < -0.39 is 10.0 Å². The van der Waals surface area contributed by atoms with Crippen LogP contribution in [0.25, 0.3) is 0 Å². The molecule has 0 saturated heterocycles. The number of anilines is 2. The topological polar surface area (TPSA) is 95.6 Å². The van der Waals surface area contributed by atoms with Crippen LogP contribution in [0.3, 0.4) is 0 Å². The van der Waals surface area contributed by atoms with Crippen LogP contribution in [-0.4, -0.2) is 38.6 Å². The lowest BCUT2D eigenvalue weighted by molar-refractivity contribution is -0.118. The van der Waals surface area contributed by atoms with E-state index in [4.69, 9.17) is 0 Å². The number of sulfonamides is 1. The van der Waals surface area contributed by atoms with Gasteiger partial charge in [0.1, 0.15) is 0 Å². The van der Waals surface area contributed by atoms with Gasteiger partial charge in [-0.2, -0.15) is 0 Å². The lowest BCUT2D eigenvalue weighted by Crippen LogP contribution is -2.23. The maximum atomic E-state index is 12.7. The molecule has 0 radical (unpaired) electrons. The van der Waals surface area contributed by atoms with Crippen LogP contribution in [0.5, 0.6) is 0 Å². The highest BCUT2D eigenvalue weighted by Gasteiger charge is 2.20. The van der Waals surface area contributed by atoms with Gasteiger partial charge in [0.2, 0.25) is 15.9 Å². The zero-order valence-electron chi connectivity index (χ0n) is 17.5. The van der Waals surface area contributed by atoms with Gasteiger partial charge >= 0.3 is 0 Å². The molecule has 0 aromatic heterocycles. The van der Waals surface area contributed by atoms with Crippen LogP contribution in [0, 0.1) is 19.8 Å². The molecular weight excluding hydrogens is 390 g/mol. The van der Waals surface area contributed by atoms with Crippen molar-refractivity contribution in [2.45, 2.75) is 32.6 Å². The Balaban J connectivity index is 2.26. The number of hydrogen-bond acceptors (Lipinski definition) is 4. The first-order valence-corrected chi connectivity index (χ1v) is 10.6. The largest absolute Gasteiger partial charge is 0.326 e. The fraction of sp³-hybridized carbons (Fsp3) is 0.333. The third-order valence-corrected chi connectivity index (χ3v) is 6.40. The third kappa shape index (κ3) is 5.21. The Labute approximate surface area is 172 Å². The molecule has 156 valence electrons. The van der Waals surface area contributed by atoms with Gasteiger partial charge in [0.25, 0.3) is 5.91 Å². The Morgan fingerprint density at radius 3 is 2.07 bits per heavy atom. The van der Waals surface area contributed by atoms with Crippen LogP contribution in [0.2, 0.25) is 0 Å². The zero-order valence-corrected chi connectivity index (χ0v) is 18.3. The minimum Gasteiger partial charge on any atom is -0.326 e. The number of rotatable bonds is 6. The van der Waals surface area contributed by atoms with Crippen LogP contribution in [0.4, 0.5) is 11.4 Å². The summed E-state index contributed by atoms with van der Waals surface area (Å²) >= 11 is 0. The fourth-order valence-corrected chi connectivity index (χ4v) is 3.52. The molecule has 0 heterocycles. The molecule has 7 nitrogen and oxygen atoms in total. The molecule has 0 aliphatic rings. The molecule has 2 aromatic carbocycles. The lowest BCUT2D eigenvalue weighted by atomic mass is 10.1. The van der Waals surface area contributed by atoms with E-state index in [0.717, 1.165) is 15.4 Å². The quantitative estimate of drug-likeness (QED) is 0.753. The number of carbonyl (C=O) groups is 2. The molecule has 0 atom stereocenters. The van der Waals surface area contributed by atoms with Crippen molar-refractivity contribution < 1.29 is 18.0 Å². The van der Waals surface area contributed by atoms with Crippen LogP contribution in [0.1, 0.15) is 35.3 Å². The van der Waals surface area contributed by atoms with Crippen LogP contribution >= 0.6 is 0 Å². The Kier molecular flexibility index (Phi) is 6.81. The Bertz CT molecular complexity index is 1030. The second-order valence-electron chi connectivity index (χ2n) is 7.38. The predicted molar refractivity (Wildman–Crippen MR) is 115 cm³/mol. The van der Waals surface area contributed by atoms with Gasteiger partial charge < -0.3 is 10.6 Å². The van der Waals surface area contributed by atoms with Gasteiger partial charge in [-0.05, 0) is 61.4 Å². The summed E-state index contributed by atoms with van der Waals surface area (Å²) in [4.78, 5) is 24.5. The van der Waals surface area contributed by atoms with E-state index in [0.29, 0.717) is 16.9 Å². The summed E-state index contributed by atoms with van der Waals surface area (Å²) in [5.74, 6) is -0.615. The molecule has 29 heavy (non-hydrogen) atoms. The van der Waals surface area contributed by atoms with E-state index in [2.05, 4.69) is 10.6 Å². The smallest absolute Gasteiger partial charge is 0.255 e. The van der Waals surface area contributed by atoms with Crippen molar-refractivity contribution in [3.8, 4) is 0 Å². The number of hydrogen-bond donors (Lipinski definition) is 2. The summed E-state index contributed by atoms with van der Waals surface area (Å²) in [6.07, 6.45) is 0. The first-order chi connectivity index (χ1) is 13.4. The van der Waals surface area contributed by atoms with Crippen LogP contribution in [0.15, 0.2) is 41.3 Å². The van der Waals surface area contributed by atoms with Gasteiger partial charge in [-0.1, -0.05) is 13.8 Å². The molecule has 0 aliphatic heterocycles. The minimum atomic E-state index is -3.62. The van der Waals surface area contributed by atoms with Gasteiger partial charge in [-0.15, -0.1) is 0 Å². The molecule has 0 bridgehead atoms. The summed E-state index contributed by atoms with van der Waals surface area (Å²) in [6, 6.07) is 9.57. The van der Waals surface area contributed by atoms with Gasteiger partial charge in [0.15, 0.2) is 0 Å². The summed E-state index contributed by atoms with van der Waals surface area (Å²) in [5, 5.41) is 5.55. The van der Waals surface area contributed by atoms with Crippen molar-refractivity contribution in [1.82, 2.24) is 4.31 Å². The van der Waals surface area contributed by atoms with Crippen LogP contribution < -0.4 is 10.6 Å². The van der Waals surface area contributed by atoms with Crippen molar-refractivity contribution in [3.63, 3.8) is 0 Å². The van der Waals surface area contributed by atoms with E-state index in [1.807, 2.05) is 6.92 Å². The highest BCUT2D eigenvalue weighted by Crippen LogP contribution is 2.26. The van der Waals surface area contributed by atoms with Gasteiger partial charge in [0.05, 0.1) is 4.90 Å². The highest BCUT2D eigenvalue weighted by atomic mass is 32.2. The van der Waals surface area contributed by atoms with E-state index >= 15 is 0 Å². The molecule has 2 amide bonds. The van der Waals surface area contributed by atoms with Gasteiger partial charge in [0, 0.05) is 37.0 Å². The number of aryl methyl sites for hydroxylation is 1. The molecular formula is C21H27N3O4S. The molecule has 2 rings (SSSR count). The number of carbonyl (C=O) groups excluding carboxylic acids is 2. The standard InChI is InChI=1S/C21H27N3O4S/c1-13(2)20(25)22-17-9-7-16(8-10-17)21(26)23-19-12-18(11-14(3)15(19)4)29(27,28)24(5)6/h7-13H,1-6H3,(H,22,25)(H,23,26). The Hall–Kier alpha value is -2.71. The number of nitrogens with zero attached hydrogens (tertiary/aromatic N) is 1. The van der Waals surface area contributed by atoms with E-state index in [9.17, 15) is 18.0 Å². The third-order valence-electron chi connectivity index (χ3n) is 4.61. The molecule has 0 saturated carbocycles. The zero-order chi connectivity index (χ0) is 21.9. The van der Waals surface area contributed by atoms with Crippen molar-refractivity contribution in [2.75, 3.05) is 24.7 Å². The lowest BCUT2D eigenvalue weighted by Gasteiger charge is -2.16. The average Bonchev–Trinajstić information content (AvgIpc) is 2.65. The minimum absolute atomic E-state index is 0.104. The number of amides is 2. The predicted octanol–water partition coefficient (Wildman–Crippen LogP) is 3.40. The molecule has 2 aromatic rings. The summed E-state index contributed by atoms with van der Waals surface area (Å²) in [6.45, 7) is 7.21. The molecule has 0 unspecified atom stereocenters. The highest BCUT2D eigenvalue weighted by molar-refractivity contribution is 7.89. The molecule has 0 aliphatic carbocycles. The average molecular weight is 418 g/mol. The summed E-state index contributed by atoms with van der Waals surface area (Å²) < 4.78 is 26.0. The van der Waals surface area contributed by atoms with Gasteiger partial charge in [-0.25, -0.2) is 12.7 Å². The Morgan fingerprint density at radius 1 is 0.966 bits per heavy atom. The molecule has 8 heteroatoms. The van der Waals surface area contributed by atoms with Gasteiger partial charge in [-0.3, -0.25) is 9.59 Å². The van der Waals surface area contributed by atoms with E-state index in [1.54, 1.807) is 51.1 Å². The monoisotopic (exact) mass is 417 g/mol. The normalized spacial score (nSPS) is 11.6. The second-order valence-corrected chi connectivity index (χ2v) is 9.53. The summed E-state index contributed by atoms with van der Waals surface area (Å²) in [7, 11) is -0.700. The molecule has 2 N–H and O–H groups in total. The fourth-order valence-electron chi connectivity index (χ4n) is 2.50. The second kappa shape index (κ2) is 8.75. The maximum Gasteiger partial charge on any atom is 0.255 e. The maximum absolute atomic E-state index is 12.7.